The third-order valence-corrected chi connectivity index (χ3v) is 1.61. The van der Waals surface area contributed by atoms with Crippen LogP contribution in [-0.2, 0) is 4.79 Å². The SMILES string of the molecule is Br.Br.CC(C(=O)O)[C@@H](N)CN(C)C. The minimum absolute atomic E-state index is 0. The van der Waals surface area contributed by atoms with E-state index in [-0.39, 0.29) is 40.0 Å². The summed E-state index contributed by atoms with van der Waals surface area (Å²) < 4.78 is 0. The molecule has 0 aliphatic rings. The molecule has 0 aromatic rings. The molecule has 0 radical (unpaired) electrons. The van der Waals surface area contributed by atoms with E-state index in [1.54, 1.807) is 6.92 Å². The molecule has 3 N–H and O–H groups in total. The van der Waals surface area contributed by atoms with Crippen molar-refractivity contribution >= 4 is 39.9 Å². The Kier molecular flexibility index (Phi) is 13.1. The Morgan fingerprint density at radius 1 is 1.46 bits per heavy atom. The molecule has 4 nitrogen and oxygen atoms in total. The van der Waals surface area contributed by atoms with Gasteiger partial charge in [-0.25, -0.2) is 0 Å². The molecule has 82 valence electrons. The quantitative estimate of drug-likeness (QED) is 0.802. The summed E-state index contributed by atoms with van der Waals surface area (Å²) in [7, 11) is 3.74. The van der Waals surface area contributed by atoms with E-state index in [1.807, 2.05) is 19.0 Å². The van der Waals surface area contributed by atoms with Crippen LogP contribution in [0.4, 0.5) is 0 Å². The summed E-state index contributed by atoms with van der Waals surface area (Å²) in [6.45, 7) is 2.23. The van der Waals surface area contributed by atoms with Crippen LogP contribution in [0.15, 0.2) is 0 Å². The standard InChI is InChI=1S/C7H16N2O2.2BrH/c1-5(7(10)11)6(8)4-9(2)3;;/h5-6H,4,8H2,1-3H3,(H,10,11);2*1H/t5?,6-;;/m0../s1. The smallest absolute Gasteiger partial charge is 0.307 e. The molecule has 0 aliphatic heterocycles. The van der Waals surface area contributed by atoms with Crippen molar-refractivity contribution in [2.45, 2.75) is 13.0 Å². The number of nitrogens with zero attached hydrogens (tertiary/aromatic N) is 1. The van der Waals surface area contributed by atoms with E-state index >= 15 is 0 Å². The van der Waals surface area contributed by atoms with Gasteiger partial charge in [-0.3, -0.25) is 4.79 Å². The maximum atomic E-state index is 10.4. The lowest BCUT2D eigenvalue weighted by molar-refractivity contribution is -0.141. The number of halogens is 2. The molecule has 0 saturated carbocycles. The third-order valence-electron chi connectivity index (χ3n) is 1.61. The third kappa shape index (κ3) is 8.67. The largest absolute Gasteiger partial charge is 0.481 e. The number of hydrogen-bond acceptors (Lipinski definition) is 3. The highest BCUT2D eigenvalue weighted by molar-refractivity contribution is 8.93. The molecular weight excluding hydrogens is 304 g/mol. The fourth-order valence-corrected chi connectivity index (χ4v) is 0.763. The average molecular weight is 322 g/mol. The summed E-state index contributed by atoms with van der Waals surface area (Å²) >= 11 is 0. The average Bonchev–Trinajstić information content (AvgIpc) is 1.84. The number of carboxylic acids is 1. The van der Waals surface area contributed by atoms with Crippen LogP contribution >= 0.6 is 34.0 Å². The minimum atomic E-state index is -0.834. The highest BCUT2D eigenvalue weighted by Gasteiger charge is 2.19. The second kappa shape index (κ2) is 8.93. The topological polar surface area (TPSA) is 66.6 Å². The van der Waals surface area contributed by atoms with Crippen LogP contribution in [-0.4, -0.2) is 42.7 Å². The molecule has 13 heavy (non-hydrogen) atoms. The van der Waals surface area contributed by atoms with Crippen LogP contribution in [0.2, 0.25) is 0 Å². The van der Waals surface area contributed by atoms with E-state index in [2.05, 4.69) is 0 Å². The first-order valence-corrected chi connectivity index (χ1v) is 3.58. The molecule has 0 fully saturated rings. The van der Waals surface area contributed by atoms with Crippen molar-refractivity contribution in [1.29, 1.82) is 0 Å². The first kappa shape index (κ1) is 19.0. The Morgan fingerprint density at radius 3 is 2.08 bits per heavy atom. The minimum Gasteiger partial charge on any atom is -0.481 e. The predicted molar refractivity (Wildman–Crippen MR) is 64.0 cm³/mol. The summed E-state index contributed by atoms with van der Waals surface area (Å²) in [5.41, 5.74) is 5.60. The van der Waals surface area contributed by atoms with Crippen molar-refractivity contribution in [1.82, 2.24) is 4.90 Å². The molecule has 0 bridgehead atoms. The number of nitrogens with two attached hydrogens (primary N) is 1. The first-order valence-electron chi connectivity index (χ1n) is 3.58. The maximum absolute atomic E-state index is 10.4. The summed E-state index contributed by atoms with van der Waals surface area (Å²) in [6, 6.07) is -0.289. The van der Waals surface area contributed by atoms with Crippen LogP contribution in [0.1, 0.15) is 6.92 Å². The maximum Gasteiger partial charge on any atom is 0.307 e. The van der Waals surface area contributed by atoms with E-state index in [1.165, 1.54) is 0 Å². The number of carboxylic acid groups (broad SMARTS) is 1. The molecule has 2 atom stereocenters. The Labute approximate surface area is 100 Å². The predicted octanol–water partition coefficient (Wildman–Crippen LogP) is 0.752. The van der Waals surface area contributed by atoms with E-state index in [9.17, 15) is 4.79 Å². The lowest BCUT2D eigenvalue weighted by atomic mass is 10.0. The van der Waals surface area contributed by atoms with E-state index in [0.29, 0.717) is 6.54 Å². The lowest BCUT2D eigenvalue weighted by Crippen LogP contribution is -2.41. The zero-order valence-electron chi connectivity index (χ0n) is 8.06. The van der Waals surface area contributed by atoms with E-state index in [0.717, 1.165) is 0 Å². The van der Waals surface area contributed by atoms with Gasteiger partial charge in [-0.05, 0) is 14.1 Å². The monoisotopic (exact) mass is 320 g/mol. The van der Waals surface area contributed by atoms with Gasteiger partial charge >= 0.3 is 5.97 Å². The number of rotatable bonds is 4. The van der Waals surface area contributed by atoms with Crippen molar-refractivity contribution in [3.8, 4) is 0 Å². The number of aliphatic carboxylic acids is 1. The fourth-order valence-electron chi connectivity index (χ4n) is 0.763. The highest BCUT2D eigenvalue weighted by atomic mass is 79.9. The van der Waals surface area contributed by atoms with Gasteiger partial charge in [-0.1, -0.05) is 6.92 Å². The molecule has 0 aromatic carbocycles. The molecule has 0 aliphatic carbocycles. The molecule has 0 heterocycles. The normalized spacial score (nSPS) is 13.9. The van der Waals surface area contributed by atoms with E-state index < -0.39 is 11.9 Å². The zero-order chi connectivity index (χ0) is 9.02. The Bertz CT molecular complexity index is 144. The van der Waals surface area contributed by atoms with Gasteiger partial charge in [0.2, 0.25) is 0 Å². The molecular formula is C7H18Br2N2O2. The first-order chi connectivity index (χ1) is 4.95. The summed E-state index contributed by atoms with van der Waals surface area (Å²) in [4.78, 5) is 12.3. The molecule has 0 rings (SSSR count). The number of carbonyl (C=O) groups is 1. The second-order valence-corrected chi connectivity index (χ2v) is 3.05. The van der Waals surface area contributed by atoms with Crippen LogP contribution in [0.3, 0.4) is 0 Å². The number of hydrogen-bond donors (Lipinski definition) is 2. The van der Waals surface area contributed by atoms with Crippen molar-refractivity contribution in [2.24, 2.45) is 11.7 Å². The van der Waals surface area contributed by atoms with Crippen LogP contribution < -0.4 is 5.73 Å². The van der Waals surface area contributed by atoms with Crippen molar-refractivity contribution < 1.29 is 9.90 Å². The van der Waals surface area contributed by atoms with Gasteiger partial charge in [0.25, 0.3) is 0 Å². The summed E-state index contributed by atoms with van der Waals surface area (Å²) in [5, 5.41) is 8.57. The molecule has 0 spiro atoms. The van der Waals surface area contributed by atoms with Crippen LogP contribution in [0.5, 0.6) is 0 Å². The zero-order valence-corrected chi connectivity index (χ0v) is 11.5. The van der Waals surface area contributed by atoms with Crippen molar-refractivity contribution in [3.63, 3.8) is 0 Å². The van der Waals surface area contributed by atoms with Gasteiger partial charge in [0.15, 0.2) is 0 Å². The Morgan fingerprint density at radius 2 is 1.85 bits per heavy atom. The number of likely N-dealkylation sites (N-methyl/N-ethyl adjacent to an activating group) is 1. The van der Waals surface area contributed by atoms with Gasteiger partial charge in [-0.15, -0.1) is 34.0 Å². The van der Waals surface area contributed by atoms with Gasteiger partial charge in [-0.2, -0.15) is 0 Å². The molecule has 0 aromatic heterocycles. The van der Waals surface area contributed by atoms with Crippen molar-refractivity contribution in [3.05, 3.63) is 0 Å². The molecule has 6 heteroatoms. The molecule has 0 saturated heterocycles. The Balaban J connectivity index is -0.000000500. The molecule has 1 unspecified atom stereocenters. The summed E-state index contributed by atoms with van der Waals surface area (Å²) in [6.07, 6.45) is 0. The summed E-state index contributed by atoms with van der Waals surface area (Å²) in [5.74, 6) is -1.31. The molecule has 0 amide bonds. The van der Waals surface area contributed by atoms with E-state index in [4.69, 9.17) is 10.8 Å². The van der Waals surface area contributed by atoms with Gasteiger partial charge in [0.05, 0.1) is 5.92 Å². The second-order valence-electron chi connectivity index (χ2n) is 3.05. The fraction of sp³-hybridized carbons (Fsp3) is 0.857. The van der Waals surface area contributed by atoms with Crippen LogP contribution in [0.25, 0.3) is 0 Å². The van der Waals surface area contributed by atoms with Gasteiger partial charge in [0.1, 0.15) is 0 Å². The van der Waals surface area contributed by atoms with Gasteiger partial charge < -0.3 is 15.7 Å². The van der Waals surface area contributed by atoms with Crippen molar-refractivity contribution in [2.75, 3.05) is 20.6 Å². The highest BCUT2D eigenvalue weighted by Crippen LogP contribution is 2.00. The van der Waals surface area contributed by atoms with Gasteiger partial charge in [0, 0.05) is 12.6 Å². The lowest BCUT2D eigenvalue weighted by Gasteiger charge is -2.19. The Hall–Kier alpha value is 0.350. The van der Waals surface area contributed by atoms with Crippen LogP contribution in [0, 0.1) is 5.92 Å².